The Morgan fingerprint density at radius 2 is 1.65 bits per heavy atom. The first-order valence-electron chi connectivity index (χ1n) is 6.16. The van der Waals surface area contributed by atoms with Gasteiger partial charge in [-0.05, 0) is 37.1 Å². The molecule has 0 aromatic heterocycles. The third-order valence-electron chi connectivity index (χ3n) is 3.07. The standard InChI is InChI=1S/C16H16O3S/c1-12-9-10-16(11-13(12)2)20(17,18)19-14(3)15-7-5-4-6-8-15/h4-11H,3H2,1-2H3. The second kappa shape index (κ2) is 5.51. The van der Waals surface area contributed by atoms with Crippen LogP contribution in [0.5, 0.6) is 0 Å². The lowest BCUT2D eigenvalue weighted by atomic mass is 10.1. The van der Waals surface area contributed by atoms with Crippen molar-refractivity contribution in [3.63, 3.8) is 0 Å². The van der Waals surface area contributed by atoms with Crippen LogP contribution in [0.25, 0.3) is 5.76 Å². The van der Waals surface area contributed by atoms with Gasteiger partial charge >= 0.3 is 10.1 Å². The van der Waals surface area contributed by atoms with E-state index >= 15 is 0 Å². The van der Waals surface area contributed by atoms with E-state index in [0.29, 0.717) is 5.56 Å². The lowest BCUT2D eigenvalue weighted by Gasteiger charge is -2.10. The van der Waals surface area contributed by atoms with Gasteiger partial charge < -0.3 is 4.18 Å². The molecular formula is C16H16O3S. The van der Waals surface area contributed by atoms with E-state index in [9.17, 15) is 8.42 Å². The minimum absolute atomic E-state index is 0.115. The fraction of sp³-hybridized carbons (Fsp3) is 0.125. The van der Waals surface area contributed by atoms with Crippen LogP contribution in [0, 0.1) is 13.8 Å². The smallest absolute Gasteiger partial charge is 0.339 e. The Morgan fingerprint density at radius 3 is 2.25 bits per heavy atom. The minimum atomic E-state index is -3.85. The van der Waals surface area contributed by atoms with Crippen LogP contribution in [0.15, 0.2) is 60.0 Å². The predicted molar refractivity (Wildman–Crippen MR) is 79.7 cm³/mol. The molecule has 0 saturated carbocycles. The summed E-state index contributed by atoms with van der Waals surface area (Å²) in [5, 5.41) is 0. The van der Waals surface area contributed by atoms with Crippen molar-refractivity contribution in [2.24, 2.45) is 0 Å². The molecule has 2 aromatic carbocycles. The van der Waals surface area contributed by atoms with Crippen molar-refractivity contribution in [1.82, 2.24) is 0 Å². The third kappa shape index (κ3) is 3.08. The fourth-order valence-electron chi connectivity index (χ4n) is 1.72. The molecule has 4 heteroatoms. The molecule has 0 fully saturated rings. The molecule has 3 nitrogen and oxygen atoms in total. The minimum Gasteiger partial charge on any atom is -0.379 e. The highest BCUT2D eigenvalue weighted by Gasteiger charge is 2.18. The van der Waals surface area contributed by atoms with Crippen molar-refractivity contribution in [2.75, 3.05) is 0 Å². The normalized spacial score (nSPS) is 11.1. The summed E-state index contributed by atoms with van der Waals surface area (Å²) < 4.78 is 29.5. The number of benzene rings is 2. The molecule has 20 heavy (non-hydrogen) atoms. The zero-order valence-corrected chi connectivity index (χ0v) is 12.3. The SMILES string of the molecule is C=C(OS(=O)(=O)c1ccc(C)c(C)c1)c1ccccc1. The Bertz CT molecular complexity index is 732. The van der Waals surface area contributed by atoms with Crippen molar-refractivity contribution in [3.05, 3.63) is 71.8 Å². The van der Waals surface area contributed by atoms with Gasteiger partial charge in [-0.15, -0.1) is 0 Å². The van der Waals surface area contributed by atoms with Crippen molar-refractivity contribution in [1.29, 1.82) is 0 Å². The number of hydrogen-bond donors (Lipinski definition) is 0. The average Bonchev–Trinajstić information content (AvgIpc) is 2.42. The lowest BCUT2D eigenvalue weighted by molar-refractivity contribution is 0.464. The average molecular weight is 288 g/mol. The number of hydrogen-bond acceptors (Lipinski definition) is 3. The summed E-state index contributed by atoms with van der Waals surface area (Å²) in [7, 11) is -3.85. The van der Waals surface area contributed by atoms with E-state index in [1.165, 1.54) is 6.07 Å². The molecule has 0 saturated heterocycles. The molecule has 0 spiro atoms. The van der Waals surface area contributed by atoms with Crippen LogP contribution in [0.2, 0.25) is 0 Å². The second-order valence-corrected chi connectivity index (χ2v) is 6.12. The van der Waals surface area contributed by atoms with Crippen molar-refractivity contribution in [2.45, 2.75) is 18.7 Å². The van der Waals surface area contributed by atoms with Crippen LogP contribution >= 0.6 is 0 Å². The molecule has 0 atom stereocenters. The molecule has 0 bridgehead atoms. The number of rotatable bonds is 4. The van der Waals surface area contributed by atoms with E-state index in [-0.39, 0.29) is 10.7 Å². The van der Waals surface area contributed by atoms with Crippen LogP contribution in [-0.2, 0) is 14.3 Å². The van der Waals surface area contributed by atoms with E-state index in [1.54, 1.807) is 36.4 Å². The highest BCUT2D eigenvalue weighted by molar-refractivity contribution is 7.87. The molecule has 0 aliphatic rings. The quantitative estimate of drug-likeness (QED) is 0.636. The van der Waals surface area contributed by atoms with Gasteiger partial charge in [0.05, 0.1) is 0 Å². The summed E-state index contributed by atoms with van der Waals surface area (Å²) in [5.74, 6) is 0.115. The maximum Gasteiger partial charge on any atom is 0.339 e. The summed E-state index contributed by atoms with van der Waals surface area (Å²) >= 11 is 0. The van der Waals surface area contributed by atoms with Gasteiger partial charge in [0.15, 0.2) is 0 Å². The summed E-state index contributed by atoms with van der Waals surface area (Å²) in [5.41, 5.74) is 2.57. The second-order valence-electron chi connectivity index (χ2n) is 4.57. The molecule has 2 rings (SSSR count). The van der Waals surface area contributed by atoms with Gasteiger partial charge in [0, 0.05) is 5.56 Å². The third-order valence-corrected chi connectivity index (χ3v) is 4.32. The molecule has 0 aliphatic carbocycles. The number of aryl methyl sites for hydroxylation is 2. The zero-order valence-electron chi connectivity index (χ0n) is 11.5. The monoisotopic (exact) mass is 288 g/mol. The van der Waals surface area contributed by atoms with E-state index in [1.807, 2.05) is 19.9 Å². The molecule has 0 radical (unpaired) electrons. The van der Waals surface area contributed by atoms with Gasteiger partial charge in [0.25, 0.3) is 0 Å². The molecule has 0 aliphatic heterocycles. The van der Waals surface area contributed by atoms with Crippen molar-refractivity contribution < 1.29 is 12.6 Å². The zero-order chi connectivity index (χ0) is 14.8. The summed E-state index contributed by atoms with van der Waals surface area (Å²) in [4.78, 5) is 0.137. The van der Waals surface area contributed by atoms with Gasteiger partial charge in [-0.3, -0.25) is 0 Å². The highest BCUT2D eigenvalue weighted by Crippen LogP contribution is 2.22. The van der Waals surface area contributed by atoms with Crippen LogP contribution in [0.3, 0.4) is 0 Å². The summed E-state index contributed by atoms with van der Waals surface area (Å²) in [6.45, 7) is 7.46. The van der Waals surface area contributed by atoms with E-state index in [4.69, 9.17) is 4.18 Å². The van der Waals surface area contributed by atoms with Gasteiger partial charge in [0.1, 0.15) is 10.7 Å². The Kier molecular flexibility index (Phi) is 3.95. The van der Waals surface area contributed by atoms with Gasteiger partial charge in [-0.2, -0.15) is 8.42 Å². The largest absolute Gasteiger partial charge is 0.379 e. The first kappa shape index (κ1) is 14.3. The molecule has 104 valence electrons. The van der Waals surface area contributed by atoms with E-state index in [0.717, 1.165) is 11.1 Å². The van der Waals surface area contributed by atoms with Gasteiger partial charge in [0.2, 0.25) is 0 Å². The van der Waals surface area contributed by atoms with E-state index in [2.05, 4.69) is 6.58 Å². The van der Waals surface area contributed by atoms with Crippen LogP contribution < -0.4 is 0 Å². The first-order chi connectivity index (χ1) is 9.40. The van der Waals surface area contributed by atoms with Crippen molar-refractivity contribution in [3.8, 4) is 0 Å². The van der Waals surface area contributed by atoms with Gasteiger partial charge in [-0.1, -0.05) is 43.0 Å². The fourth-order valence-corrected chi connectivity index (χ4v) is 2.74. The Hall–Kier alpha value is -2.07. The van der Waals surface area contributed by atoms with Crippen LogP contribution in [-0.4, -0.2) is 8.42 Å². The predicted octanol–water partition coefficient (Wildman–Crippen LogP) is 3.68. The first-order valence-corrected chi connectivity index (χ1v) is 7.57. The molecule has 0 unspecified atom stereocenters. The highest BCUT2D eigenvalue weighted by atomic mass is 32.2. The Morgan fingerprint density at radius 1 is 1.00 bits per heavy atom. The lowest BCUT2D eigenvalue weighted by Crippen LogP contribution is -2.06. The molecule has 2 aromatic rings. The topological polar surface area (TPSA) is 43.4 Å². The maximum absolute atomic E-state index is 12.2. The summed E-state index contributed by atoms with van der Waals surface area (Å²) in [6, 6.07) is 13.8. The molecule has 0 heterocycles. The molecule has 0 N–H and O–H groups in total. The Balaban J connectivity index is 2.27. The maximum atomic E-state index is 12.2. The van der Waals surface area contributed by atoms with Crippen LogP contribution in [0.1, 0.15) is 16.7 Å². The Labute approximate surface area is 119 Å². The van der Waals surface area contributed by atoms with Gasteiger partial charge in [-0.25, -0.2) is 0 Å². The molecular weight excluding hydrogens is 272 g/mol. The molecule has 0 amide bonds. The summed E-state index contributed by atoms with van der Waals surface area (Å²) in [6.07, 6.45) is 0. The van der Waals surface area contributed by atoms with E-state index < -0.39 is 10.1 Å². The van der Waals surface area contributed by atoms with Crippen molar-refractivity contribution >= 4 is 15.9 Å². The van der Waals surface area contributed by atoms with Crippen LogP contribution in [0.4, 0.5) is 0 Å².